The van der Waals surface area contributed by atoms with E-state index in [4.69, 9.17) is 5.73 Å². The maximum Gasteiger partial charge on any atom is 0.0649 e. The van der Waals surface area contributed by atoms with E-state index in [1.165, 1.54) is 16.8 Å². The van der Waals surface area contributed by atoms with Gasteiger partial charge in [0, 0.05) is 11.7 Å². The number of rotatable bonds is 4. The molecule has 102 valence electrons. The molecule has 0 saturated carbocycles. The van der Waals surface area contributed by atoms with Crippen LogP contribution in [-0.4, -0.2) is 9.78 Å². The lowest BCUT2D eigenvalue weighted by atomic mass is 10.1. The Morgan fingerprint density at radius 1 is 1.16 bits per heavy atom. The van der Waals surface area contributed by atoms with E-state index < -0.39 is 0 Å². The van der Waals surface area contributed by atoms with Crippen molar-refractivity contribution in [2.75, 3.05) is 0 Å². The van der Waals surface area contributed by atoms with E-state index in [9.17, 15) is 0 Å². The van der Waals surface area contributed by atoms with Crippen LogP contribution in [0.2, 0.25) is 0 Å². The first-order valence-corrected chi connectivity index (χ1v) is 6.99. The SMILES string of the molecule is CCc1c(C)nn(-c2ccc(C(N)CC)cc2)c1C. The molecule has 3 nitrogen and oxygen atoms in total. The summed E-state index contributed by atoms with van der Waals surface area (Å²) in [7, 11) is 0. The zero-order valence-corrected chi connectivity index (χ0v) is 12.3. The normalized spacial score (nSPS) is 12.7. The average Bonchev–Trinajstić information content (AvgIpc) is 2.72. The van der Waals surface area contributed by atoms with E-state index >= 15 is 0 Å². The number of hydrogen-bond donors (Lipinski definition) is 1. The Bertz CT molecular complexity index is 552. The van der Waals surface area contributed by atoms with Crippen molar-refractivity contribution in [1.82, 2.24) is 9.78 Å². The number of nitrogens with two attached hydrogens (primary N) is 1. The summed E-state index contributed by atoms with van der Waals surface area (Å²) in [6.45, 7) is 8.48. The van der Waals surface area contributed by atoms with Crippen LogP contribution in [0.25, 0.3) is 5.69 Å². The van der Waals surface area contributed by atoms with Crippen molar-refractivity contribution in [1.29, 1.82) is 0 Å². The van der Waals surface area contributed by atoms with Crippen molar-refractivity contribution < 1.29 is 0 Å². The van der Waals surface area contributed by atoms with Gasteiger partial charge >= 0.3 is 0 Å². The minimum Gasteiger partial charge on any atom is -0.324 e. The van der Waals surface area contributed by atoms with E-state index in [1.54, 1.807) is 0 Å². The molecule has 0 aliphatic heterocycles. The van der Waals surface area contributed by atoms with Gasteiger partial charge in [-0.1, -0.05) is 26.0 Å². The first-order chi connectivity index (χ1) is 9.08. The van der Waals surface area contributed by atoms with E-state index in [0.29, 0.717) is 0 Å². The molecule has 1 atom stereocenters. The smallest absolute Gasteiger partial charge is 0.0649 e. The molecule has 1 aromatic carbocycles. The molecule has 1 heterocycles. The molecule has 2 aromatic rings. The summed E-state index contributed by atoms with van der Waals surface area (Å²) in [5.41, 5.74) is 12.0. The summed E-state index contributed by atoms with van der Waals surface area (Å²) < 4.78 is 2.02. The highest BCUT2D eigenvalue weighted by molar-refractivity contribution is 5.39. The summed E-state index contributed by atoms with van der Waals surface area (Å²) in [5, 5.41) is 4.63. The first-order valence-electron chi connectivity index (χ1n) is 6.99. The third kappa shape index (κ3) is 2.56. The highest BCUT2D eigenvalue weighted by Gasteiger charge is 2.11. The molecule has 2 N–H and O–H groups in total. The molecule has 0 aliphatic rings. The zero-order chi connectivity index (χ0) is 14.0. The van der Waals surface area contributed by atoms with E-state index in [0.717, 1.165) is 24.2 Å². The van der Waals surface area contributed by atoms with Crippen LogP contribution in [0.15, 0.2) is 24.3 Å². The van der Waals surface area contributed by atoms with Gasteiger partial charge in [-0.3, -0.25) is 0 Å². The highest BCUT2D eigenvalue weighted by Crippen LogP contribution is 2.20. The van der Waals surface area contributed by atoms with Gasteiger partial charge in [-0.2, -0.15) is 5.10 Å². The first kappa shape index (κ1) is 13.8. The minimum atomic E-state index is 0.126. The van der Waals surface area contributed by atoms with Gasteiger partial charge in [0.1, 0.15) is 0 Å². The maximum atomic E-state index is 6.04. The summed E-state index contributed by atoms with van der Waals surface area (Å²) >= 11 is 0. The molecule has 1 unspecified atom stereocenters. The second kappa shape index (κ2) is 5.57. The molecule has 0 fully saturated rings. The lowest BCUT2D eigenvalue weighted by molar-refractivity contribution is 0.698. The standard InChI is InChI=1S/C16H23N3/c1-5-15-11(3)18-19(12(15)4)14-9-7-13(8-10-14)16(17)6-2/h7-10,16H,5-6,17H2,1-4H3. The average molecular weight is 257 g/mol. The third-order valence-corrected chi connectivity index (χ3v) is 3.80. The van der Waals surface area contributed by atoms with Gasteiger partial charge in [0.25, 0.3) is 0 Å². The van der Waals surface area contributed by atoms with Crippen LogP contribution in [0.3, 0.4) is 0 Å². The summed E-state index contributed by atoms with van der Waals surface area (Å²) in [4.78, 5) is 0. The van der Waals surface area contributed by atoms with Crippen LogP contribution in [-0.2, 0) is 6.42 Å². The van der Waals surface area contributed by atoms with Gasteiger partial charge in [0.2, 0.25) is 0 Å². The number of hydrogen-bond acceptors (Lipinski definition) is 2. The van der Waals surface area contributed by atoms with Crippen LogP contribution in [0.5, 0.6) is 0 Å². The summed E-state index contributed by atoms with van der Waals surface area (Å²) in [6.07, 6.45) is 1.98. The van der Waals surface area contributed by atoms with E-state index in [2.05, 4.69) is 57.1 Å². The van der Waals surface area contributed by atoms with Crippen molar-refractivity contribution in [2.45, 2.75) is 46.6 Å². The quantitative estimate of drug-likeness (QED) is 0.911. The molecular weight excluding hydrogens is 234 g/mol. The van der Waals surface area contributed by atoms with Gasteiger partial charge in [0.05, 0.1) is 11.4 Å². The number of aromatic nitrogens is 2. The maximum absolute atomic E-state index is 6.04. The van der Waals surface area contributed by atoms with Crippen molar-refractivity contribution >= 4 is 0 Å². The fourth-order valence-electron chi connectivity index (χ4n) is 2.54. The number of benzene rings is 1. The monoisotopic (exact) mass is 257 g/mol. The topological polar surface area (TPSA) is 43.8 Å². The van der Waals surface area contributed by atoms with Crippen LogP contribution >= 0.6 is 0 Å². The fraction of sp³-hybridized carbons (Fsp3) is 0.438. The molecule has 0 spiro atoms. The van der Waals surface area contributed by atoms with Crippen LogP contribution in [0.1, 0.15) is 48.8 Å². The lowest BCUT2D eigenvalue weighted by Gasteiger charge is -2.11. The molecule has 2 rings (SSSR count). The largest absolute Gasteiger partial charge is 0.324 e. The van der Waals surface area contributed by atoms with Crippen LogP contribution < -0.4 is 5.73 Å². The predicted molar refractivity (Wildman–Crippen MR) is 79.6 cm³/mol. The molecule has 0 amide bonds. The molecule has 0 saturated heterocycles. The lowest BCUT2D eigenvalue weighted by Crippen LogP contribution is -2.08. The molecule has 0 bridgehead atoms. The molecule has 3 heteroatoms. The number of aryl methyl sites for hydroxylation is 1. The molecule has 1 aromatic heterocycles. The van der Waals surface area contributed by atoms with Gasteiger partial charge in [0.15, 0.2) is 0 Å². The van der Waals surface area contributed by atoms with Crippen molar-refractivity contribution in [3.63, 3.8) is 0 Å². The van der Waals surface area contributed by atoms with Crippen molar-refractivity contribution in [3.05, 3.63) is 46.8 Å². The fourth-order valence-corrected chi connectivity index (χ4v) is 2.54. The zero-order valence-electron chi connectivity index (χ0n) is 12.3. The van der Waals surface area contributed by atoms with Gasteiger partial charge in [-0.15, -0.1) is 0 Å². The molecule has 19 heavy (non-hydrogen) atoms. The van der Waals surface area contributed by atoms with Gasteiger partial charge < -0.3 is 5.73 Å². The van der Waals surface area contributed by atoms with Crippen molar-refractivity contribution in [2.24, 2.45) is 5.73 Å². The molecule has 0 radical (unpaired) electrons. The van der Waals surface area contributed by atoms with Gasteiger partial charge in [-0.05, 0) is 49.9 Å². The van der Waals surface area contributed by atoms with Gasteiger partial charge in [-0.25, -0.2) is 4.68 Å². The molecule has 0 aliphatic carbocycles. The van der Waals surface area contributed by atoms with Crippen molar-refractivity contribution in [3.8, 4) is 5.69 Å². The predicted octanol–water partition coefficient (Wildman–Crippen LogP) is 3.46. The van der Waals surface area contributed by atoms with E-state index in [-0.39, 0.29) is 6.04 Å². The Kier molecular flexibility index (Phi) is 4.05. The Labute approximate surface area is 115 Å². The second-order valence-corrected chi connectivity index (χ2v) is 5.02. The Morgan fingerprint density at radius 3 is 2.26 bits per heavy atom. The summed E-state index contributed by atoms with van der Waals surface area (Å²) in [6, 6.07) is 8.53. The van der Waals surface area contributed by atoms with Crippen LogP contribution in [0, 0.1) is 13.8 Å². The third-order valence-electron chi connectivity index (χ3n) is 3.80. The Balaban J connectivity index is 2.37. The number of nitrogens with zero attached hydrogens (tertiary/aromatic N) is 2. The summed E-state index contributed by atoms with van der Waals surface area (Å²) in [5.74, 6) is 0. The molecular formula is C16H23N3. The Morgan fingerprint density at radius 2 is 1.79 bits per heavy atom. The van der Waals surface area contributed by atoms with Crippen LogP contribution in [0.4, 0.5) is 0 Å². The van der Waals surface area contributed by atoms with E-state index in [1.807, 2.05) is 4.68 Å². The second-order valence-electron chi connectivity index (χ2n) is 5.02. The highest BCUT2D eigenvalue weighted by atomic mass is 15.3. The Hall–Kier alpha value is -1.61. The minimum absolute atomic E-state index is 0.126.